The van der Waals surface area contributed by atoms with Gasteiger partial charge in [0.05, 0.1) is 6.54 Å². The van der Waals surface area contributed by atoms with Crippen LogP contribution < -0.4 is 5.32 Å². The standard InChI is InChI=1S/C20H18FN3O4/c1-11-14(20(26)27)9-12(28-11)10-22-19(25)18-13-5-4-8-16(13)24(23-18)17-7-3-2-6-15(17)21/h2-3,6-7,9H,4-5,8,10H2,1H3,(H,22,25)(H,26,27). The normalized spacial score (nSPS) is 12.8. The van der Waals surface area contributed by atoms with Crippen LogP contribution in [0, 0.1) is 12.7 Å². The molecule has 0 spiro atoms. The van der Waals surface area contributed by atoms with Crippen LogP contribution in [0.2, 0.25) is 0 Å². The molecule has 8 heteroatoms. The van der Waals surface area contributed by atoms with Crippen molar-refractivity contribution in [2.24, 2.45) is 0 Å². The summed E-state index contributed by atoms with van der Waals surface area (Å²) in [4.78, 5) is 23.8. The number of hydrogen-bond donors (Lipinski definition) is 2. The van der Waals surface area contributed by atoms with Gasteiger partial charge in [-0.15, -0.1) is 0 Å². The molecule has 0 aliphatic heterocycles. The highest BCUT2D eigenvalue weighted by atomic mass is 19.1. The number of amides is 1. The number of rotatable bonds is 5. The van der Waals surface area contributed by atoms with Crippen molar-refractivity contribution in [1.29, 1.82) is 0 Å². The van der Waals surface area contributed by atoms with Crippen LogP contribution in [0.25, 0.3) is 5.69 Å². The molecule has 1 amide bonds. The minimum absolute atomic E-state index is 0.0360. The van der Waals surface area contributed by atoms with E-state index in [9.17, 15) is 14.0 Å². The minimum atomic E-state index is -1.08. The lowest BCUT2D eigenvalue weighted by Gasteiger charge is -2.06. The Balaban J connectivity index is 1.59. The van der Waals surface area contributed by atoms with Crippen LogP contribution in [0.4, 0.5) is 4.39 Å². The molecular formula is C20H18FN3O4. The molecule has 144 valence electrons. The zero-order valence-corrected chi connectivity index (χ0v) is 15.2. The summed E-state index contributed by atoms with van der Waals surface area (Å²) in [5, 5.41) is 16.2. The lowest BCUT2D eigenvalue weighted by atomic mass is 10.2. The molecule has 0 fully saturated rings. The zero-order valence-electron chi connectivity index (χ0n) is 15.2. The van der Waals surface area contributed by atoms with E-state index in [0.29, 0.717) is 17.9 Å². The fourth-order valence-corrected chi connectivity index (χ4v) is 3.54. The number of aryl methyl sites for hydroxylation is 1. The second-order valence-corrected chi connectivity index (χ2v) is 6.66. The summed E-state index contributed by atoms with van der Waals surface area (Å²) in [7, 11) is 0. The summed E-state index contributed by atoms with van der Waals surface area (Å²) in [6.07, 6.45) is 2.31. The average Bonchev–Trinajstić information content (AvgIpc) is 3.35. The minimum Gasteiger partial charge on any atom is -0.478 e. The van der Waals surface area contributed by atoms with Gasteiger partial charge in [-0.25, -0.2) is 13.9 Å². The number of aromatic nitrogens is 2. The molecule has 1 aliphatic carbocycles. The number of aromatic carboxylic acids is 1. The predicted molar refractivity (Wildman–Crippen MR) is 97.1 cm³/mol. The van der Waals surface area contributed by atoms with E-state index >= 15 is 0 Å². The number of nitrogens with one attached hydrogen (secondary N) is 1. The number of carboxylic acid groups (broad SMARTS) is 1. The number of nitrogens with zero attached hydrogens (tertiary/aromatic N) is 2. The van der Waals surface area contributed by atoms with Gasteiger partial charge >= 0.3 is 5.97 Å². The monoisotopic (exact) mass is 383 g/mol. The Labute approximate surface area is 159 Å². The molecule has 0 bridgehead atoms. The molecule has 3 aromatic rings. The lowest BCUT2D eigenvalue weighted by Crippen LogP contribution is -2.24. The van der Waals surface area contributed by atoms with E-state index in [4.69, 9.17) is 9.52 Å². The Morgan fingerprint density at radius 1 is 1.32 bits per heavy atom. The second kappa shape index (κ2) is 6.95. The van der Waals surface area contributed by atoms with Crippen LogP contribution in [0.15, 0.2) is 34.7 Å². The van der Waals surface area contributed by atoms with Crippen LogP contribution in [0.3, 0.4) is 0 Å². The van der Waals surface area contributed by atoms with Gasteiger partial charge in [-0.1, -0.05) is 12.1 Å². The van der Waals surface area contributed by atoms with Gasteiger partial charge in [0.25, 0.3) is 5.91 Å². The Hall–Kier alpha value is -3.42. The topological polar surface area (TPSA) is 97.4 Å². The van der Waals surface area contributed by atoms with Crippen molar-refractivity contribution in [2.45, 2.75) is 32.7 Å². The predicted octanol–water partition coefficient (Wildman–Crippen LogP) is 3.03. The van der Waals surface area contributed by atoms with E-state index in [0.717, 1.165) is 24.1 Å². The molecule has 2 N–H and O–H groups in total. The Bertz CT molecular complexity index is 1080. The molecule has 0 unspecified atom stereocenters. The fourth-order valence-electron chi connectivity index (χ4n) is 3.54. The van der Waals surface area contributed by atoms with Gasteiger partial charge in [0, 0.05) is 11.3 Å². The van der Waals surface area contributed by atoms with Crippen LogP contribution >= 0.6 is 0 Å². The highest BCUT2D eigenvalue weighted by molar-refractivity contribution is 5.94. The van der Waals surface area contributed by atoms with Crippen LogP contribution in [-0.4, -0.2) is 26.8 Å². The number of carboxylic acids is 1. The SMILES string of the molecule is Cc1oc(CNC(=O)c2nn(-c3ccccc3F)c3c2CCC3)cc1C(=O)O. The van der Waals surface area contributed by atoms with E-state index < -0.39 is 17.7 Å². The first-order chi connectivity index (χ1) is 13.5. The summed E-state index contributed by atoms with van der Waals surface area (Å²) >= 11 is 0. The van der Waals surface area contributed by atoms with Gasteiger partial charge in [-0.2, -0.15) is 5.10 Å². The van der Waals surface area contributed by atoms with Crippen molar-refractivity contribution >= 4 is 11.9 Å². The highest BCUT2D eigenvalue weighted by Gasteiger charge is 2.28. The van der Waals surface area contributed by atoms with Crippen LogP contribution in [0.5, 0.6) is 0 Å². The molecule has 0 radical (unpaired) electrons. The van der Waals surface area contributed by atoms with Gasteiger partial charge in [0.15, 0.2) is 5.69 Å². The molecule has 1 aromatic carbocycles. The molecule has 0 saturated carbocycles. The van der Waals surface area contributed by atoms with E-state index in [2.05, 4.69) is 10.4 Å². The zero-order chi connectivity index (χ0) is 19.8. The van der Waals surface area contributed by atoms with Gasteiger partial charge < -0.3 is 14.8 Å². The summed E-state index contributed by atoms with van der Waals surface area (Å²) < 4.78 is 21.1. The first kappa shape index (κ1) is 18.0. The maximum Gasteiger partial charge on any atom is 0.339 e. The van der Waals surface area contributed by atoms with Crippen molar-refractivity contribution in [3.8, 4) is 5.69 Å². The molecule has 7 nitrogen and oxygen atoms in total. The lowest BCUT2D eigenvalue weighted by molar-refractivity contribution is 0.0694. The van der Waals surface area contributed by atoms with Crippen molar-refractivity contribution in [3.05, 3.63) is 70.2 Å². The molecule has 28 heavy (non-hydrogen) atoms. The molecular weight excluding hydrogens is 365 g/mol. The summed E-state index contributed by atoms with van der Waals surface area (Å²) in [5.41, 5.74) is 2.30. The molecule has 4 rings (SSSR count). The number of carbonyl (C=O) groups excluding carboxylic acids is 1. The summed E-state index contributed by atoms with van der Waals surface area (Å²) in [6, 6.07) is 7.70. The van der Waals surface area contributed by atoms with Gasteiger partial charge in [0.1, 0.15) is 28.6 Å². The van der Waals surface area contributed by atoms with Gasteiger partial charge in [-0.05, 0) is 44.4 Å². The summed E-state index contributed by atoms with van der Waals surface area (Å²) in [6.45, 7) is 1.59. The molecule has 2 aromatic heterocycles. The van der Waals surface area contributed by atoms with E-state index in [-0.39, 0.29) is 23.6 Å². The number of carbonyl (C=O) groups is 2. The van der Waals surface area contributed by atoms with Gasteiger partial charge in [0.2, 0.25) is 0 Å². The average molecular weight is 383 g/mol. The second-order valence-electron chi connectivity index (χ2n) is 6.66. The van der Waals surface area contributed by atoms with Crippen molar-refractivity contribution in [3.63, 3.8) is 0 Å². The fraction of sp³-hybridized carbons (Fsp3) is 0.250. The van der Waals surface area contributed by atoms with Crippen molar-refractivity contribution in [1.82, 2.24) is 15.1 Å². The first-order valence-corrected chi connectivity index (χ1v) is 8.92. The number of halogens is 1. The first-order valence-electron chi connectivity index (χ1n) is 8.92. The number of fused-ring (bicyclic) bond motifs is 1. The maximum atomic E-state index is 14.2. The largest absolute Gasteiger partial charge is 0.478 e. The highest BCUT2D eigenvalue weighted by Crippen LogP contribution is 2.28. The molecule has 0 saturated heterocycles. The third kappa shape index (κ3) is 3.06. The van der Waals surface area contributed by atoms with Crippen LogP contribution in [0.1, 0.15) is 50.0 Å². The van der Waals surface area contributed by atoms with Crippen molar-refractivity contribution in [2.75, 3.05) is 0 Å². The maximum absolute atomic E-state index is 14.2. The number of para-hydroxylation sites is 1. The van der Waals surface area contributed by atoms with E-state index in [1.54, 1.807) is 25.1 Å². The Morgan fingerprint density at radius 3 is 2.82 bits per heavy atom. The van der Waals surface area contributed by atoms with Gasteiger partial charge in [-0.3, -0.25) is 4.79 Å². The van der Waals surface area contributed by atoms with E-state index in [1.165, 1.54) is 16.8 Å². The summed E-state index contributed by atoms with van der Waals surface area (Å²) in [5.74, 6) is -1.27. The Kier molecular flexibility index (Phi) is 4.46. The Morgan fingerprint density at radius 2 is 2.11 bits per heavy atom. The molecule has 1 aliphatic rings. The third-order valence-corrected chi connectivity index (χ3v) is 4.85. The third-order valence-electron chi connectivity index (χ3n) is 4.85. The van der Waals surface area contributed by atoms with E-state index in [1.807, 2.05) is 0 Å². The molecule has 0 atom stereocenters. The number of hydrogen-bond acceptors (Lipinski definition) is 4. The smallest absolute Gasteiger partial charge is 0.339 e. The number of furan rings is 1. The van der Waals surface area contributed by atoms with Crippen molar-refractivity contribution < 1.29 is 23.5 Å². The molecule has 2 heterocycles. The number of benzene rings is 1. The van der Waals surface area contributed by atoms with Crippen LogP contribution in [-0.2, 0) is 19.4 Å². The quantitative estimate of drug-likeness (QED) is 0.706.